The Morgan fingerprint density at radius 3 is 2.47 bits per heavy atom. The van der Waals surface area contributed by atoms with Gasteiger partial charge in [-0.25, -0.2) is 4.79 Å². The average molecular weight is 208 g/mol. The summed E-state index contributed by atoms with van der Waals surface area (Å²) in [5, 5.41) is 0. The van der Waals surface area contributed by atoms with Crippen LogP contribution >= 0.6 is 0 Å². The van der Waals surface area contributed by atoms with E-state index in [-0.39, 0.29) is 12.1 Å². The SMILES string of the molecule is C=C(C)C(=O)OC1CCCC12CCCC2. The first-order chi connectivity index (χ1) is 7.14. The molecule has 0 aliphatic heterocycles. The van der Waals surface area contributed by atoms with E-state index >= 15 is 0 Å². The lowest BCUT2D eigenvalue weighted by atomic mass is 9.82. The molecule has 0 amide bonds. The molecular weight excluding hydrogens is 188 g/mol. The van der Waals surface area contributed by atoms with Crippen molar-refractivity contribution >= 4 is 5.97 Å². The molecule has 0 N–H and O–H groups in total. The molecule has 1 atom stereocenters. The molecule has 2 saturated carbocycles. The third-order valence-electron chi connectivity index (χ3n) is 4.02. The number of carbonyl (C=O) groups excluding carboxylic acids is 1. The van der Waals surface area contributed by atoms with Gasteiger partial charge in [0.05, 0.1) is 0 Å². The Balaban J connectivity index is 2.02. The van der Waals surface area contributed by atoms with E-state index in [0.29, 0.717) is 11.0 Å². The van der Waals surface area contributed by atoms with Crippen molar-refractivity contribution in [3.05, 3.63) is 12.2 Å². The van der Waals surface area contributed by atoms with Crippen molar-refractivity contribution in [3.8, 4) is 0 Å². The van der Waals surface area contributed by atoms with Crippen molar-refractivity contribution in [1.82, 2.24) is 0 Å². The summed E-state index contributed by atoms with van der Waals surface area (Å²) >= 11 is 0. The molecule has 0 saturated heterocycles. The predicted octanol–water partition coefficient (Wildman–Crippen LogP) is 3.22. The zero-order valence-electron chi connectivity index (χ0n) is 9.55. The number of rotatable bonds is 2. The maximum atomic E-state index is 11.5. The minimum atomic E-state index is -0.201. The Kier molecular flexibility index (Phi) is 2.85. The van der Waals surface area contributed by atoms with Gasteiger partial charge in [-0.1, -0.05) is 19.4 Å². The second-order valence-corrected chi connectivity index (χ2v) is 5.14. The fraction of sp³-hybridized carbons (Fsp3) is 0.769. The number of hydrogen-bond donors (Lipinski definition) is 0. The van der Waals surface area contributed by atoms with E-state index in [4.69, 9.17) is 4.74 Å². The van der Waals surface area contributed by atoms with Crippen LogP contribution in [-0.4, -0.2) is 12.1 Å². The standard InChI is InChI=1S/C13H20O2/c1-10(2)12(14)15-11-6-5-9-13(11)7-3-4-8-13/h11H,1,3-9H2,2H3. The molecule has 15 heavy (non-hydrogen) atoms. The smallest absolute Gasteiger partial charge is 0.333 e. The Bertz CT molecular complexity index is 269. The van der Waals surface area contributed by atoms with E-state index in [9.17, 15) is 4.79 Å². The predicted molar refractivity (Wildman–Crippen MR) is 59.4 cm³/mol. The number of carbonyl (C=O) groups is 1. The summed E-state index contributed by atoms with van der Waals surface area (Å²) < 4.78 is 5.57. The zero-order valence-corrected chi connectivity index (χ0v) is 9.55. The highest BCUT2D eigenvalue weighted by atomic mass is 16.5. The lowest BCUT2D eigenvalue weighted by Gasteiger charge is -2.30. The molecule has 0 aromatic heterocycles. The largest absolute Gasteiger partial charge is 0.458 e. The van der Waals surface area contributed by atoms with Gasteiger partial charge in [-0.05, 0) is 39.0 Å². The molecule has 0 bridgehead atoms. The van der Waals surface area contributed by atoms with Gasteiger partial charge in [0.15, 0.2) is 0 Å². The van der Waals surface area contributed by atoms with Crippen LogP contribution in [0.5, 0.6) is 0 Å². The van der Waals surface area contributed by atoms with Crippen molar-refractivity contribution < 1.29 is 9.53 Å². The highest BCUT2D eigenvalue weighted by molar-refractivity contribution is 5.87. The van der Waals surface area contributed by atoms with Crippen molar-refractivity contribution in [2.45, 2.75) is 58.0 Å². The third-order valence-corrected chi connectivity index (χ3v) is 4.02. The highest BCUT2D eigenvalue weighted by Crippen LogP contribution is 2.51. The molecule has 2 fully saturated rings. The molecule has 2 heteroatoms. The lowest BCUT2D eigenvalue weighted by Crippen LogP contribution is -2.31. The molecule has 2 nitrogen and oxygen atoms in total. The normalized spacial score (nSPS) is 28.2. The van der Waals surface area contributed by atoms with Crippen LogP contribution < -0.4 is 0 Å². The van der Waals surface area contributed by atoms with Crippen molar-refractivity contribution in [2.75, 3.05) is 0 Å². The van der Waals surface area contributed by atoms with Crippen molar-refractivity contribution in [3.63, 3.8) is 0 Å². The first-order valence-electron chi connectivity index (χ1n) is 6.01. The van der Waals surface area contributed by atoms with Gasteiger partial charge in [0.2, 0.25) is 0 Å². The summed E-state index contributed by atoms with van der Waals surface area (Å²) in [4.78, 5) is 11.5. The summed E-state index contributed by atoms with van der Waals surface area (Å²) in [7, 11) is 0. The second kappa shape index (κ2) is 3.99. The minimum absolute atomic E-state index is 0.171. The van der Waals surface area contributed by atoms with Crippen LogP contribution in [0.2, 0.25) is 0 Å². The summed E-state index contributed by atoms with van der Waals surface area (Å²) in [5.41, 5.74) is 0.862. The molecule has 1 unspecified atom stereocenters. The van der Waals surface area contributed by atoms with Gasteiger partial charge >= 0.3 is 5.97 Å². The Morgan fingerprint density at radius 1 is 1.27 bits per heavy atom. The lowest BCUT2D eigenvalue weighted by molar-refractivity contribution is -0.149. The first kappa shape index (κ1) is 10.7. The third kappa shape index (κ3) is 1.95. The maximum Gasteiger partial charge on any atom is 0.333 e. The minimum Gasteiger partial charge on any atom is -0.458 e. The number of hydrogen-bond acceptors (Lipinski definition) is 2. The Hall–Kier alpha value is -0.790. The van der Waals surface area contributed by atoms with E-state index < -0.39 is 0 Å². The van der Waals surface area contributed by atoms with Crippen LogP contribution in [0.15, 0.2) is 12.2 Å². The zero-order chi connectivity index (χ0) is 10.9. The van der Waals surface area contributed by atoms with Crippen LogP contribution in [-0.2, 0) is 9.53 Å². The fourth-order valence-electron chi connectivity index (χ4n) is 3.17. The number of ether oxygens (including phenoxy) is 1. The summed E-state index contributed by atoms with van der Waals surface area (Å²) in [6.45, 7) is 5.36. The van der Waals surface area contributed by atoms with Gasteiger partial charge in [-0.15, -0.1) is 0 Å². The molecule has 0 heterocycles. The quantitative estimate of drug-likeness (QED) is 0.514. The fourth-order valence-corrected chi connectivity index (χ4v) is 3.17. The first-order valence-corrected chi connectivity index (χ1v) is 6.01. The number of esters is 1. The maximum absolute atomic E-state index is 11.5. The molecule has 0 aromatic rings. The summed E-state index contributed by atoms with van der Waals surface area (Å²) in [5.74, 6) is -0.201. The Labute approximate surface area is 91.7 Å². The Morgan fingerprint density at radius 2 is 1.87 bits per heavy atom. The average Bonchev–Trinajstić information content (AvgIpc) is 2.79. The van der Waals surface area contributed by atoms with Crippen LogP contribution in [0.3, 0.4) is 0 Å². The summed E-state index contributed by atoms with van der Waals surface area (Å²) in [6, 6.07) is 0. The van der Waals surface area contributed by atoms with Gasteiger partial charge in [-0.2, -0.15) is 0 Å². The molecule has 1 spiro atoms. The van der Waals surface area contributed by atoms with Gasteiger partial charge < -0.3 is 4.74 Å². The van der Waals surface area contributed by atoms with Crippen molar-refractivity contribution in [2.24, 2.45) is 5.41 Å². The second-order valence-electron chi connectivity index (χ2n) is 5.14. The molecule has 0 aromatic carbocycles. The molecule has 2 aliphatic rings. The van der Waals surface area contributed by atoms with Crippen LogP contribution in [0.4, 0.5) is 0 Å². The summed E-state index contributed by atoms with van der Waals surface area (Å²) in [6.07, 6.45) is 8.81. The van der Waals surface area contributed by atoms with Gasteiger partial charge in [0.25, 0.3) is 0 Å². The van der Waals surface area contributed by atoms with Gasteiger partial charge in [0, 0.05) is 11.0 Å². The molecule has 2 aliphatic carbocycles. The van der Waals surface area contributed by atoms with Crippen LogP contribution in [0.1, 0.15) is 51.9 Å². The van der Waals surface area contributed by atoms with Crippen LogP contribution in [0, 0.1) is 5.41 Å². The van der Waals surface area contributed by atoms with E-state index in [0.717, 1.165) is 6.42 Å². The van der Waals surface area contributed by atoms with Gasteiger partial charge in [0.1, 0.15) is 6.10 Å². The topological polar surface area (TPSA) is 26.3 Å². The van der Waals surface area contributed by atoms with Gasteiger partial charge in [-0.3, -0.25) is 0 Å². The van der Waals surface area contributed by atoms with E-state index in [1.807, 2.05) is 0 Å². The molecular formula is C13H20O2. The monoisotopic (exact) mass is 208 g/mol. The molecule has 84 valence electrons. The molecule has 2 rings (SSSR count). The van der Waals surface area contributed by atoms with E-state index in [1.54, 1.807) is 6.92 Å². The van der Waals surface area contributed by atoms with E-state index in [2.05, 4.69) is 6.58 Å². The highest BCUT2D eigenvalue weighted by Gasteiger charge is 2.46. The van der Waals surface area contributed by atoms with Crippen molar-refractivity contribution in [1.29, 1.82) is 0 Å². The van der Waals surface area contributed by atoms with E-state index in [1.165, 1.54) is 38.5 Å². The molecule has 0 radical (unpaired) electrons. The van der Waals surface area contributed by atoms with Crippen LogP contribution in [0.25, 0.3) is 0 Å².